The van der Waals surface area contributed by atoms with Crippen LogP contribution >= 0.6 is 0 Å². The van der Waals surface area contributed by atoms with Gasteiger partial charge < -0.3 is 16.0 Å². The van der Waals surface area contributed by atoms with E-state index in [1.165, 1.54) is 6.92 Å². The maximum absolute atomic E-state index is 13.3. The maximum Gasteiger partial charge on any atom is 0.242 e. The van der Waals surface area contributed by atoms with E-state index in [4.69, 9.17) is 0 Å². The highest BCUT2D eigenvalue weighted by Crippen LogP contribution is 2.19. The average molecular weight is 443 g/mol. The molecule has 0 radical (unpaired) electrons. The quantitative estimate of drug-likeness (QED) is 0.614. The Kier molecular flexibility index (Phi) is 7.92. The minimum absolute atomic E-state index is 0.110. The third-order valence-corrected chi connectivity index (χ3v) is 5.50. The van der Waals surface area contributed by atoms with E-state index in [9.17, 15) is 23.2 Å². The molecule has 0 bridgehead atoms. The number of benzene rings is 2. The summed E-state index contributed by atoms with van der Waals surface area (Å²) in [5.41, 5.74) is 1.17. The predicted molar refractivity (Wildman–Crippen MR) is 115 cm³/mol. The molecule has 1 fully saturated rings. The Labute approximate surface area is 185 Å². The van der Waals surface area contributed by atoms with Gasteiger partial charge in [0.15, 0.2) is 0 Å². The fraction of sp³-hybridized carbons (Fsp3) is 0.375. The Balaban J connectivity index is 1.61. The van der Waals surface area contributed by atoms with Crippen LogP contribution in [0.5, 0.6) is 0 Å². The molecular formula is C24H27F2N3O3. The highest BCUT2D eigenvalue weighted by Gasteiger charge is 2.32. The molecule has 6 nitrogen and oxygen atoms in total. The number of nitrogens with one attached hydrogen (secondary N) is 3. The molecule has 0 spiro atoms. The van der Waals surface area contributed by atoms with E-state index in [2.05, 4.69) is 16.0 Å². The van der Waals surface area contributed by atoms with Gasteiger partial charge in [0, 0.05) is 18.7 Å². The number of halogens is 2. The van der Waals surface area contributed by atoms with E-state index < -0.39 is 35.4 Å². The highest BCUT2D eigenvalue weighted by molar-refractivity contribution is 5.89. The monoisotopic (exact) mass is 443 g/mol. The maximum atomic E-state index is 13.3. The van der Waals surface area contributed by atoms with Crippen molar-refractivity contribution in [1.82, 2.24) is 16.0 Å². The van der Waals surface area contributed by atoms with Crippen molar-refractivity contribution in [1.29, 1.82) is 0 Å². The topological polar surface area (TPSA) is 87.3 Å². The summed E-state index contributed by atoms with van der Waals surface area (Å²) < 4.78 is 26.6. The first-order valence-electron chi connectivity index (χ1n) is 10.7. The predicted octanol–water partition coefficient (Wildman–Crippen LogP) is 2.27. The fourth-order valence-corrected chi connectivity index (χ4v) is 3.89. The van der Waals surface area contributed by atoms with E-state index in [0.717, 1.165) is 30.2 Å². The van der Waals surface area contributed by atoms with Gasteiger partial charge in [-0.15, -0.1) is 0 Å². The molecule has 3 atom stereocenters. The van der Waals surface area contributed by atoms with Crippen molar-refractivity contribution < 1.29 is 23.2 Å². The third-order valence-electron chi connectivity index (χ3n) is 5.50. The first kappa shape index (κ1) is 23.4. The molecule has 1 unspecified atom stereocenters. The summed E-state index contributed by atoms with van der Waals surface area (Å²) in [4.78, 5) is 37.6. The molecule has 0 saturated carbocycles. The summed E-state index contributed by atoms with van der Waals surface area (Å²) in [5, 5.41) is 8.36. The van der Waals surface area contributed by atoms with E-state index >= 15 is 0 Å². The van der Waals surface area contributed by atoms with Gasteiger partial charge in [-0.3, -0.25) is 14.4 Å². The molecule has 170 valence electrons. The van der Waals surface area contributed by atoms with Crippen LogP contribution in [-0.4, -0.2) is 36.3 Å². The highest BCUT2D eigenvalue weighted by atomic mass is 19.1. The second-order valence-corrected chi connectivity index (χ2v) is 8.09. The molecular weight excluding hydrogens is 416 g/mol. The van der Waals surface area contributed by atoms with E-state index in [0.29, 0.717) is 19.4 Å². The molecule has 3 amide bonds. The van der Waals surface area contributed by atoms with Gasteiger partial charge in [0.2, 0.25) is 17.7 Å². The zero-order valence-electron chi connectivity index (χ0n) is 17.9. The second-order valence-electron chi connectivity index (χ2n) is 8.09. The molecule has 32 heavy (non-hydrogen) atoms. The van der Waals surface area contributed by atoms with Crippen LogP contribution in [0.15, 0.2) is 48.5 Å². The smallest absolute Gasteiger partial charge is 0.242 e. The molecule has 8 heteroatoms. The zero-order chi connectivity index (χ0) is 23.1. The lowest BCUT2D eigenvalue weighted by Gasteiger charge is -2.26. The molecule has 2 aromatic carbocycles. The van der Waals surface area contributed by atoms with Crippen LogP contribution in [0.2, 0.25) is 0 Å². The summed E-state index contributed by atoms with van der Waals surface area (Å²) in [6.07, 6.45) is 1.59. The SMILES string of the molecule is C[C@H](NC(=O)Cc1cc(F)cc(F)c1)C(=O)N[C@H]1CCCNC(=O)C1Cc1ccccc1. The third kappa shape index (κ3) is 6.60. The second kappa shape index (κ2) is 10.8. The summed E-state index contributed by atoms with van der Waals surface area (Å²) in [6.45, 7) is 2.08. The van der Waals surface area contributed by atoms with Gasteiger partial charge in [-0.1, -0.05) is 30.3 Å². The van der Waals surface area contributed by atoms with Crippen LogP contribution in [0.3, 0.4) is 0 Å². The van der Waals surface area contributed by atoms with Gasteiger partial charge in [-0.25, -0.2) is 8.78 Å². The van der Waals surface area contributed by atoms with Gasteiger partial charge >= 0.3 is 0 Å². The fourth-order valence-electron chi connectivity index (χ4n) is 3.89. The van der Waals surface area contributed by atoms with Crippen molar-refractivity contribution in [3.8, 4) is 0 Å². The lowest BCUT2D eigenvalue weighted by atomic mass is 9.89. The number of carbonyl (C=O) groups is 3. The lowest BCUT2D eigenvalue weighted by Crippen LogP contribution is -2.52. The Morgan fingerprint density at radius 1 is 1.09 bits per heavy atom. The van der Waals surface area contributed by atoms with Crippen LogP contribution < -0.4 is 16.0 Å². The minimum atomic E-state index is -0.871. The Hall–Kier alpha value is -3.29. The first-order chi connectivity index (χ1) is 15.3. The normalized spacial score (nSPS) is 19.4. The number of rotatable bonds is 7. The Morgan fingerprint density at radius 3 is 2.47 bits per heavy atom. The zero-order valence-corrected chi connectivity index (χ0v) is 17.9. The molecule has 1 aliphatic rings. The average Bonchev–Trinajstić information content (AvgIpc) is 2.89. The number of hydrogen-bond acceptors (Lipinski definition) is 3. The van der Waals surface area contributed by atoms with E-state index in [1.807, 2.05) is 30.3 Å². The first-order valence-corrected chi connectivity index (χ1v) is 10.7. The standard InChI is InChI=1S/C24H27F2N3O3/c1-15(28-22(30)13-17-10-18(25)14-19(26)11-17)23(31)29-21-8-5-9-27-24(32)20(21)12-16-6-3-2-4-7-16/h2-4,6-7,10-11,14-15,20-21H,5,8-9,12-13H2,1H3,(H,27,32)(H,28,30)(H,29,31)/t15-,20?,21-/m0/s1. The molecule has 1 aliphatic heterocycles. The van der Waals surface area contributed by atoms with Crippen molar-refractivity contribution in [2.75, 3.05) is 6.54 Å². The van der Waals surface area contributed by atoms with Crippen molar-refractivity contribution in [3.05, 3.63) is 71.3 Å². The van der Waals surface area contributed by atoms with Crippen LogP contribution in [0, 0.1) is 17.6 Å². The van der Waals surface area contributed by atoms with Crippen LogP contribution in [0.1, 0.15) is 30.9 Å². The van der Waals surface area contributed by atoms with Crippen LogP contribution in [-0.2, 0) is 27.2 Å². The molecule has 1 heterocycles. The molecule has 0 aliphatic carbocycles. The minimum Gasteiger partial charge on any atom is -0.356 e. The number of hydrogen-bond donors (Lipinski definition) is 3. The molecule has 3 rings (SSSR count). The van der Waals surface area contributed by atoms with E-state index in [1.54, 1.807) is 0 Å². The van der Waals surface area contributed by atoms with Gasteiger partial charge in [0.25, 0.3) is 0 Å². The van der Waals surface area contributed by atoms with Crippen molar-refractivity contribution in [3.63, 3.8) is 0 Å². The van der Waals surface area contributed by atoms with Crippen LogP contribution in [0.4, 0.5) is 8.78 Å². The molecule has 1 saturated heterocycles. The Morgan fingerprint density at radius 2 is 1.78 bits per heavy atom. The summed E-state index contributed by atoms with van der Waals surface area (Å²) in [6, 6.07) is 11.2. The largest absolute Gasteiger partial charge is 0.356 e. The number of amides is 3. The molecule has 3 N–H and O–H groups in total. The van der Waals surface area contributed by atoms with E-state index in [-0.39, 0.29) is 23.9 Å². The lowest BCUT2D eigenvalue weighted by molar-refractivity contribution is -0.130. The molecule has 2 aromatic rings. The van der Waals surface area contributed by atoms with Crippen molar-refractivity contribution in [2.45, 2.75) is 44.7 Å². The number of carbonyl (C=O) groups excluding carboxylic acids is 3. The summed E-state index contributed by atoms with van der Waals surface area (Å²) in [5.74, 6) is -3.02. The van der Waals surface area contributed by atoms with Gasteiger partial charge in [0.05, 0.1) is 12.3 Å². The van der Waals surface area contributed by atoms with Crippen molar-refractivity contribution >= 4 is 17.7 Å². The van der Waals surface area contributed by atoms with Gasteiger partial charge in [-0.2, -0.15) is 0 Å². The summed E-state index contributed by atoms with van der Waals surface area (Å²) in [7, 11) is 0. The van der Waals surface area contributed by atoms with Crippen LogP contribution in [0.25, 0.3) is 0 Å². The Bertz CT molecular complexity index is 948. The molecule has 0 aromatic heterocycles. The van der Waals surface area contributed by atoms with Crippen molar-refractivity contribution in [2.24, 2.45) is 5.92 Å². The summed E-state index contributed by atoms with van der Waals surface area (Å²) >= 11 is 0. The van der Waals surface area contributed by atoms with Gasteiger partial charge in [0.1, 0.15) is 17.7 Å². The van der Waals surface area contributed by atoms with Gasteiger partial charge in [-0.05, 0) is 49.4 Å².